The van der Waals surface area contributed by atoms with Gasteiger partial charge in [-0.2, -0.15) is 0 Å². The minimum absolute atomic E-state index is 0.207. The van der Waals surface area contributed by atoms with Gasteiger partial charge in [-0.1, -0.05) is 46.3 Å². The van der Waals surface area contributed by atoms with Crippen LogP contribution in [0.2, 0.25) is 0 Å². The zero-order valence-electron chi connectivity index (χ0n) is 15.1. The van der Waals surface area contributed by atoms with Crippen LogP contribution in [0.5, 0.6) is 0 Å². The van der Waals surface area contributed by atoms with Crippen LogP contribution in [0, 0.1) is 10.8 Å². The molecule has 1 aliphatic heterocycles. The summed E-state index contributed by atoms with van der Waals surface area (Å²) in [4.78, 5) is 2.60. The lowest BCUT2D eigenvalue weighted by molar-refractivity contribution is 0.170. The number of nitrogens with zero attached hydrogens (tertiary/aromatic N) is 1. The fourth-order valence-electron chi connectivity index (χ4n) is 2.70. The number of hydrogen-bond acceptors (Lipinski definition) is 2. The van der Waals surface area contributed by atoms with Crippen LogP contribution in [0.3, 0.4) is 0 Å². The second kappa shape index (κ2) is 6.19. The first kappa shape index (κ1) is 17.7. The predicted octanol–water partition coefficient (Wildman–Crippen LogP) is 4.08. The Morgan fingerprint density at radius 1 is 1.05 bits per heavy atom. The average Bonchev–Trinajstić information content (AvgIpc) is 2.25. The summed E-state index contributed by atoms with van der Waals surface area (Å²) in [6, 6.07) is 0. The van der Waals surface area contributed by atoms with Gasteiger partial charge in [0.2, 0.25) is 0 Å². The quantitative estimate of drug-likeness (QED) is 0.781. The van der Waals surface area contributed by atoms with Crippen molar-refractivity contribution in [3.63, 3.8) is 0 Å². The molecule has 0 aromatic carbocycles. The molecule has 0 saturated carbocycles. The molecule has 0 aliphatic carbocycles. The van der Waals surface area contributed by atoms with Crippen LogP contribution in [0.25, 0.3) is 0 Å². The monoisotopic (exact) mass is 280 g/mol. The Morgan fingerprint density at radius 3 is 2.05 bits per heavy atom. The summed E-state index contributed by atoms with van der Waals surface area (Å²) in [5, 5.41) is 3.64. The number of rotatable bonds is 4. The molecule has 118 valence electrons. The van der Waals surface area contributed by atoms with Gasteiger partial charge in [0.05, 0.1) is 0 Å². The first-order chi connectivity index (χ1) is 8.89. The van der Waals surface area contributed by atoms with Gasteiger partial charge < -0.3 is 5.32 Å². The molecular weight excluding hydrogens is 244 g/mol. The Bertz CT molecular complexity index is 339. The summed E-state index contributed by atoms with van der Waals surface area (Å²) in [5.41, 5.74) is 2.49. The van der Waals surface area contributed by atoms with Crippen molar-refractivity contribution < 1.29 is 0 Å². The third-order valence-electron chi connectivity index (χ3n) is 4.01. The molecule has 1 heterocycles. The van der Waals surface area contributed by atoms with Crippen LogP contribution in [0.1, 0.15) is 61.8 Å². The average molecular weight is 280 g/mol. The van der Waals surface area contributed by atoms with Crippen molar-refractivity contribution in [1.29, 1.82) is 0 Å². The van der Waals surface area contributed by atoms with E-state index < -0.39 is 0 Å². The zero-order valence-corrected chi connectivity index (χ0v) is 15.1. The molecule has 0 aromatic rings. The second-order valence-electron chi connectivity index (χ2n) is 9.23. The van der Waals surface area contributed by atoms with E-state index in [1.807, 2.05) is 0 Å². The van der Waals surface area contributed by atoms with Gasteiger partial charge >= 0.3 is 0 Å². The minimum atomic E-state index is 0.207. The van der Waals surface area contributed by atoms with Crippen molar-refractivity contribution in [1.82, 2.24) is 10.2 Å². The van der Waals surface area contributed by atoms with Gasteiger partial charge in [-0.15, -0.1) is 0 Å². The van der Waals surface area contributed by atoms with Crippen LogP contribution in [-0.4, -0.2) is 36.6 Å². The van der Waals surface area contributed by atoms with E-state index >= 15 is 0 Å². The van der Waals surface area contributed by atoms with E-state index in [9.17, 15) is 0 Å². The maximum atomic E-state index is 3.64. The van der Waals surface area contributed by atoms with E-state index in [0.29, 0.717) is 10.8 Å². The lowest BCUT2D eigenvalue weighted by Gasteiger charge is -2.38. The normalized spacial score (nSPS) is 19.1. The molecule has 0 fully saturated rings. The molecule has 1 rings (SSSR count). The van der Waals surface area contributed by atoms with E-state index in [4.69, 9.17) is 0 Å². The zero-order chi connectivity index (χ0) is 15.6. The van der Waals surface area contributed by atoms with Crippen LogP contribution in [-0.2, 0) is 0 Å². The highest BCUT2D eigenvalue weighted by Gasteiger charge is 2.26. The molecule has 2 heteroatoms. The molecule has 2 nitrogen and oxygen atoms in total. The molecule has 0 amide bonds. The lowest BCUT2D eigenvalue weighted by atomic mass is 9.82. The Kier molecular flexibility index (Phi) is 5.48. The van der Waals surface area contributed by atoms with Gasteiger partial charge in [-0.25, -0.2) is 0 Å². The van der Waals surface area contributed by atoms with Crippen molar-refractivity contribution in [2.24, 2.45) is 10.8 Å². The van der Waals surface area contributed by atoms with E-state index in [1.165, 1.54) is 19.5 Å². The molecule has 0 atom stereocenters. The lowest BCUT2D eigenvalue weighted by Crippen LogP contribution is -2.47. The highest BCUT2D eigenvalue weighted by atomic mass is 15.1. The Hall–Kier alpha value is -0.340. The van der Waals surface area contributed by atoms with Gasteiger partial charge in [0.1, 0.15) is 0 Å². The molecule has 0 spiro atoms. The molecule has 0 aromatic heterocycles. The van der Waals surface area contributed by atoms with E-state index in [0.717, 1.165) is 13.1 Å². The highest BCUT2D eigenvalue weighted by Crippen LogP contribution is 2.30. The van der Waals surface area contributed by atoms with Crippen LogP contribution in [0.15, 0.2) is 11.6 Å². The molecule has 0 saturated heterocycles. The van der Waals surface area contributed by atoms with Gasteiger partial charge in [0, 0.05) is 31.7 Å². The standard InChI is InChI=1S/C18H36N2/c1-16(2,3)15-9-11-20(12-10-15)14-18(7,8)13-19-17(4,5)6/h9,19H,10-14H2,1-8H3. The van der Waals surface area contributed by atoms with Crippen molar-refractivity contribution in [2.45, 2.75) is 67.3 Å². The van der Waals surface area contributed by atoms with Crippen molar-refractivity contribution in [3.8, 4) is 0 Å². The third kappa shape index (κ3) is 6.41. The minimum Gasteiger partial charge on any atom is -0.311 e. The summed E-state index contributed by atoms with van der Waals surface area (Å²) >= 11 is 0. The molecule has 20 heavy (non-hydrogen) atoms. The first-order valence-corrected chi connectivity index (χ1v) is 8.06. The summed E-state index contributed by atoms with van der Waals surface area (Å²) in [6.45, 7) is 23.0. The maximum absolute atomic E-state index is 3.64. The highest BCUT2D eigenvalue weighted by molar-refractivity contribution is 5.14. The Morgan fingerprint density at radius 2 is 1.65 bits per heavy atom. The maximum Gasteiger partial charge on any atom is 0.0166 e. The van der Waals surface area contributed by atoms with Crippen LogP contribution in [0.4, 0.5) is 0 Å². The summed E-state index contributed by atoms with van der Waals surface area (Å²) in [7, 11) is 0. The largest absolute Gasteiger partial charge is 0.311 e. The third-order valence-corrected chi connectivity index (χ3v) is 4.01. The second-order valence-corrected chi connectivity index (χ2v) is 9.23. The van der Waals surface area contributed by atoms with E-state index in [2.05, 4.69) is 71.7 Å². The fourth-order valence-corrected chi connectivity index (χ4v) is 2.70. The van der Waals surface area contributed by atoms with Gasteiger partial charge in [-0.05, 0) is 38.0 Å². The Labute approximate surface area is 127 Å². The molecular formula is C18H36N2. The van der Waals surface area contributed by atoms with Gasteiger partial charge in [0.25, 0.3) is 0 Å². The Balaban J connectivity index is 2.48. The van der Waals surface area contributed by atoms with Gasteiger partial charge in [-0.3, -0.25) is 4.90 Å². The number of hydrogen-bond donors (Lipinski definition) is 1. The number of nitrogens with one attached hydrogen (secondary N) is 1. The smallest absolute Gasteiger partial charge is 0.0166 e. The topological polar surface area (TPSA) is 15.3 Å². The van der Waals surface area contributed by atoms with Crippen LogP contribution >= 0.6 is 0 Å². The summed E-state index contributed by atoms with van der Waals surface area (Å²) in [5.74, 6) is 0. The molecule has 1 N–H and O–H groups in total. The fraction of sp³-hybridized carbons (Fsp3) is 0.889. The van der Waals surface area contributed by atoms with Crippen molar-refractivity contribution in [3.05, 3.63) is 11.6 Å². The van der Waals surface area contributed by atoms with E-state index in [-0.39, 0.29) is 5.54 Å². The molecule has 0 radical (unpaired) electrons. The van der Waals surface area contributed by atoms with E-state index in [1.54, 1.807) is 5.57 Å². The predicted molar refractivity (Wildman–Crippen MR) is 90.1 cm³/mol. The molecule has 1 aliphatic rings. The van der Waals surface area contributed by atoms with Crippen LogP contribution < -0.4 is 5.32 Å². The SMILES string of the molecule is CC(C)(CNC(C)(C)C)CN1CC=C(C(C)(C)C)CC1. The van der Waals surface area contributed by atoms with Gasteiger partial charge in [0.15, 0.2) is 0 Å². The first-order valence-electron chi connectivity index (χ1n) is 8.06. The van der Waals surface area contributed by atoms with Crippen molar-refractivity contribution in [2.75, 3.05) is 26.2 Å². The molecule has 0 bridgehead atoms. The van der Waals surface area contributed by atoms with Crippen molar-refractivity contribution >= 4 is 0 Å². The summed E-state index contributed by atoms with van der Waals surface area (Å²) in [6.07, 6.45) is 3.68. The molecule has 0 unspecified atom stereocenters. The summed E-state index contributed by atoms with van der Waals surface area (Å²) < 4.78 is 0.